The molecule has 4 aliphatic heterocycles. The highest BCUT2D eigenvalue weighted by molar-refractivity contribution is 5.80. The van der Waals surface area contributed by atoms with Gasteiger partial charge in [-0.3, -0.25) is 4.79 Å². The molecule has 0 aromatic carbocycles. The van der Waals surface area contributed by atoms with Crippen molar-refractivity contribution < 1.29 is 4.79 Å². The highest BCUT2D eigenvalue weighted by Gasteiger charge is 2.40. The predicted octanol–water partition coefficient (Wildman–Crippen LogP) is -1.22. The topological polar surface area (TPSA) is 44.4 Å². The second kappa shape index (κ2) is 2.69. The van der Waals surface area contributed by atoms with Gasteiger partial charge in [0, 0.05) is 38.3 Å². The molecule has 0 aromatic rings. The Bertz CT molecular complexity index is 223. The van der Waals surface area contributed by atoms with Gasteiger partial charge in [0.15, 0.2) is 0 Å². The van der Waals surface area contributed by atoms with Crippen molar-refractivity contribution in [2.75, 3.05) is 26.2 Å². The molecule has 4 heterocycles. The van der Waals surface area contributed by atoms with E-state index >= 15 is 0 Å². The molecular weight excluding hydrogens is 166 g/mol. The molecule has 4 heteroatoms. The van der Waals surface area contributed by atoms with E-state index in [4.69, 9.17) is 0 Å². The highest BCUT2D eigenvalue weighted by atomic mass is 16.2. The Labute approximate surface area is 77.7 Å². The Balaban J connectivity index is 1.61. The van der Waals surface area contributed by atoms with Crippen molar-refractivity contribution in [3.63, 3.8) is 0 Å². The van der Waals surface area contributed by atoms with Crippen molar-refractivity contribution in [1.29, 1.82) is 0 Å². The van der Waals surface area contributed by atoms with Crippen LogP contribution in [0.4, 0.5) is 0 Å². The molecule has 2 N–H and O–H groups in total. The van der Waals surface area contributed by atoms with Crippen LogP contribution in [0.25, 0.3) is 0 Å². The van der Waals surface area contributed by atoms with Gasteiger partial charge in [-0.2, -0.15) is 0 Å². The van der Waals surface area contributed by atoms with Crippen LogP contribution in [0.5, 0.6) is 0 Å². The first kappa shape index (κ1) is 7.76. The van der Waals surface area contributed by atoms with E-state index in [1.807, 2.05) is 4.90 Å². The van der Waals surface area contributed by atoms with Gasteiger partial charge in [-0.25, -0.2) is 0 Å². The Morgan fingerprint density at radius 3 is 2.31 bits per heavy atom. The lowest BCUT2D eigenvalue weighted by Gasteiger charge is -2.49. The SMILES string of the molecule is O=C(C1CNC1)N1C[C@H]2C[C@@H](C1)N2. The summed E-state index contributed by atoms with van der Waals surface area (Å²) in [6.07, 6.45) is 1.27. The van der Waals surface area contributed by atoms with Crippen molar-refractivity contribution in [3.8, 4) is 0 Å². The number of nitrogens with zero attached hydrogens (tertiary/aromatic N) is 1. The molecule has 4 nitrogen and oxygen atoms in total. The maximum Gasteiger partial charge on any atom is 0.228 e. The zero-order valence-corrected chi connectivity index (χ0v) is 7.62. The molecule has 72 valence electrons. The molecule has 0 saturated carbocycles. The van der Waals surface area contributed by atoms with Gasteiger partial charge in [0.2, 0.25) is 5.91 Å². The lowest BCUT2D eigenvalue weighted by atomic mass is 9.89. The number of carbonyl (C=O) groups excluding carboxylic acids is 1. The zero-order valence-electron chi connectivity index (χ0n) is 7.62. The van der Waals surface area contributed by atoms with Crippen molar-refractivity contribution >= 4 is 5.91 Å². The fourth-order valence-electron chi connectivity index (χ4n) is 2.41. The number of hydrogen-bond donors (Lipinski definition) is 2. The summed E-state index contributed by atoms with van der Waals surface area (Å²) in [6.45, 7) is 3.65. The molecule has 4 saturated heterocycles. The molecule has 4 rings (SSSR count). The molecule has 4 fully saturated rings. The molecule has 0 spiro atoms. The normalized spacial score (nSPS) is 38.0. The van der Waals surface area contributed by atoms with Crippen LogP contribution in [0, 0.1) is 5.92 Å². The van der Waals surface area contributed by atoms with Crippen LogP contribution in [0.15, 0.2) is 0 Å². The third kappa shape index (κ3) is 1.16. The summed E-state index contributed by atoms with van der Waals surface area (Å²) in [5.74, 6) is 0.646. The van der Waals surface area contributed by atoms with E-state index < -0.39 is 0 Å². The van der Waals surface area contributed by atoms with E-state index in [0.717, 1.165) is 26.2 Å². The van der Waals surface area contributed by atoms with Gasteiger partial charge in [-0.1, -0.05) is 0 Å². The van der Waals surface area contributed by atoms with Gasteiger partial charge in [0.1, 0.15) is 0 Å². The molecular formula is C9H15N3O. The average molecular weight is 181 g/mol. The Hall–Kier alpha value is -0.610. The smallest absolute Gasteiger partial charge is 0.228 e. The number of fused-ring (bicyclic) bond motifs is 2. The maximum atomic E-state index is 11.8. The van der Waals surface area contributed by atoms with Gasteiger partial charge in [0.05, 0.1) is 5.92 Å². The second-order valence-corrected chi connectivity index (χ2v) is 4.39. The van der Waals surface area contributed by atoms with E-state index in [9.17, 15) is 4.79 Å². The van der Waals surface area contributed by atoms with Crippen molar-refractivity contribution in [3.05, 3.63) is 0 Å². The Kier molecular flexibility index (Phi) is 1.60. The quantitative estimate of drug-likeness (QED) is 0.533. The maximum absolute atomic E-state index is 11.8. The number of piperidine rings is 1. The molecule has 13 heavy (non-hydrogen) atoms. The van der Waals surface area contributed by atoms with Crippen molar-refractivity contribution in [1.82, 2.24) is 15.5 Å². The summed E-state index contributed by atoms with van der Waals surface area (Å²) in [5.41, 5.74) is 0. The van der Waals surface area contributed by atoms with Gasteiger partial charge < -0.3 is 15.5 Å². The summed E-state index contributed by atoms with van der Waals surface area (Å²) >= 11 is 0. The summed E-state index contributed by atoms with van der Waals surface area (Å²) in [5, 5.41) is 6.57. The fraction of sp³-hybridized carbons (Fsp3) is 0.889. The number of carbonyl (C=O) groups is 1. The minimum atomic E-state index is 0.275. The van der Waals surface area contributed by atoms with Crippen LogP contribution in [-0.4, -0.2) is 49.1 Å². The minimum Gasteiger partial charge on any atom is -0.339 e. The van der Waals surface area contributed by atoms with Gasteiger partial charge in [-0.05, 0) is 6.42 Å². The highest BCUT2D eigenvalue weighted by Crippen LogP contribution is 2.22. The molecule has 4 aliphatic rings. The standard InChI is InChI=1S/C9H15N3O/c13-9(6-2-10-3-6)12-4-7-1-8(5-12)11-7/h6-8,10-11H,1-5H2/t7-,8+. The number of amides is 1. The third-order valence-corrected chi connectivity index (χ3v) is 3.36. The van der Waals surface area contributed by atoms with Crippen LogP contribution >= 0.6 is 0 Å². The van der Waals surface area contributed by atoms with Crippen LogP contribution < -0.4 is 10.6 Å². The van der Waals surface area contributed by atoms with Gasteiger partial charge >= 0.3 is 0 Å². The number of piperazine rings is 1. The van der Waals surface area contributed by atoms with Crippen LogP contribution in [0.1, 0.15) is 6.42 Å². The predicted molar refractivity (Wildman–Crippen MR) is 48.3 cm³/mol. The van der Waals surface area contributed by atoms with E-state index in [1.54, 1.807) is 0 Å². The third-order valence-electron chi connectivity index (χ3n) is 3.36. The Morgan fingerprint density at radius 1 is 1.23 bits per heavy atom. The van der Waals surface area contributed by atoms with Crippen LogP contribution in [0.3, 0.4) is 0 Å². The molecule has 0 aliphatic carbocycles. The molecule has 0 aromatic heterocycles. The summed E-state index contributed by atoms with van der Waals surface area (Å²) < 4.78 is 0. The first-order chi connectivity index (χ1) is 6.33. The lowest BCUT2D eigenvalue weighted by molar-refractivity contribution is -0.141. The molecule has 0 radical (unpaired) electrons. The van der Waals surface area contributed by atoms with Crippen LogP contribution in [-0.2, 0) is 4.79 Å². The van der Waals surface area contributed by atoms with Crippen molar-refractivity contribution in [2.45, 2.75) is 18.5 Å². The number of rotatable bonds is 1. The molecule has 1 amide bonds. The summed E-state index contributed by atoms with van der Waals surface area (Å²) in [4.78, 5) is 13.8. The number of hydrogen-bond acceptors (Lipinski definition) is 3. The summed E-state index contributed by atoms with van der Waals surface area (Å²) in [7, 11) is 0. The van der Waals surface area contributed by atoms with E-state index in [-0.39, 0.29) is 5.92 Å². The summed E-state index contributed by atoms with van der Waals surface area (Å²) in [6, 6.07) is 1.19. The molecule has 0 unspecified atom stereocenters. The van der Waals surface area contributed by atoms with Crippen molar-refractivity contribution in [2.24, 2.45) is 5.92 Å². The minimum absolute atomic E-state index is 0.275. The largest absolute Gasteiger partial charge is 0.339 e. The van der Waals surface area contributed by atoms with Gasteiger partial charge in [0.25, 0.3) is 0 Å². The Morgan fingerprint density at radius 2 is 1.85 bits per heavy atom. The fourth-order valence-corrected chi connectivity index (χ4v) is 2.41. The number of nitrogens with one attached hydrogen (secondary N) is 2. The first-order valence-corrected chi connectivity index (χ1v) is 5.08. The second-order valence-electron chi connectivity index (χ2n) is 4.39. The average Bonchev–Trinajstić information content (AvgIpc) is 2.00. The lowest BCUT2D eigenvalue weighted by Crippen LogP contribution is -2.69. The van der Waals surface area contributed by atoms with E-state index in [2.05, 4.69) is 10.6 Å². The molecule has 2 atom stereocenters. The van der Waals surface area contributed by atoms with E-state index in [0.29, 0.717) is 18.0 Å². The monoisotopic (exact) mass is 181 g/mol. The van der Waals surface area contributed by atoms with Gasteiger partial charge in [-0.15, -0.1) is 0 Å². The van der Waals surface area contributed by atoms with Crippen LogP contribution in [0.2, 0.25) is 0 Å². The zero-order chi connectivity index (χ0) is 8.84. The first-order valence-electron chi connectivity index (χ1n) is 5.08. The molecule has 2 bridgehead atoms. The van der Waals surface area contributed by atoms with E-state index in [1.165, 1.54) is 6.42 Å².